The van der Waals surface area contributed by atoms with Crippen molar-refractivity contribution < 1.29 is 23.5 Å². The Morgan fingerprint density at radius 2 is 2.00 bits per heavy atom. The van der Waals surface area contributed by atoms with Crippen molar-refractivity contribution in [1.29, 1.82) is 0 Å². The molecule has 0 unspecified atom stereocenters. The Bertz CT molecular complexity index is 717. The minimum absolute atomic E-state index is 0.0532. The molecule has 8 nitrogen and oxygen atoms in total. The van der Waals surface area contributed by atoms with Crippen LogP contribution in [0.5, 0.6) is 0 Å². The minimum atomic E-state index is -0.599. The SMILES string of the molecule is COCCN(Cc1nc(C(=O)OC)co1)C(=O)Nc1ccc(Br)cc1. The van der Waals surface area contributed by atoms with Gasteiger partial charge in [0.2, 0.25) is 5.89 Å². The van der Waals surface area contributed by atoms with E-state index < -0.39 is 5.97 Å². The van der Waals surface area contributed by atoms with Crippen LogP contribution in [0.4, 0.5) is 10.5 Å². The number of carbonyl (C=O) groups excluding carboxylic acids is 2. The zero-order valence-corrected chi connectivity index (χ0v) is 15.4. The molecule has 0 bridgehead atoms. The van der Waals surface area contributed by atoms with Crippen LogP contribution in [0.1, 0.15) is 16.4 Å². The van der Waals surface area contributed by atoms with Gasteiger partial charge in [-0.25, -0.2) is 14.6 Å². The molecule has 2 rings (SSSR count). The fourth-order valence-electron chi connectivity index (χ4n) is 1.93. The third-order valence-electron chi connectivity index (χ3n) is 3.22. The van der Waals surface area contributed by atoms with Crippen LogP contribution in [0.15, 0.2) is 39.4 Å². The van der Waals surface area contributed by atoms with E-state index in [0.717, 1.165) is 4.47 Å². The molecule has 0 aliphatic rings. The number of anilines is 1. The summed E-state index contributed by atoms with van der Waals surface area (Å²) in [6.45, 7) is 0.760. The predicted molar refractivity (Wildman–Crippen MR) is 93.3 cm³/mol. The Morgan fingerprint density at radius 3 is 2.64 bits per heavy atom. The van der Waals surface area contributed by atoms with E-state index in [-0.39, 0.29) is 24.2 Å². The molecule has 134 valence electrons. The van der Waals surface area contributed by atoms with Gasteiger partial charge in [0.1, 0.15) is 6.26 Å². The topological polar surface area (TPSA) is 93.9 Å². The highest BCUT2D eigenvalue weighted by Crippen LogP contribution is 2.15. The van der Waals surface area contributed by atoms with Gasteiger partial charge in [0, 0.05) is 23.8 Å². The standard InChI is InChI=1S/C16H18BrN3O5/c1-23-8-7-20(9-14-19-13(10-25-14)15(21)24-2)16(22)18-12-5-3-11(17)4-6-12/h3-6,10H,7-9H2,1-2H3,(H,18,22). The fraction of sp³-hybridized carbons (Fsp3) is 0.312. The van der Waals surface area contributed by atoms with Crippen LogP contribution in [0, 0.1) is 0 Å². The summed E-state index contributed by atoms with van der Waals surface area (Å²) >= 11 is 3.34. The number of halogens is 1. The smallest absolute Gasteiger partial charge is 0.360 e. The number of nitrogens with zero attached hydrogens (tertiary/aromatic N) is 2. The lowest BCUT2D eigenvalue weighted by atomic mass is 10.3. The van der Waals surface area contributed by atoms with E-state index >= 15 is 0 Å². The summed E-state index contributed by atoms with van der Waals surface area (Å²) in [5.41, 5.74) is 0.704. The van der Waals surface area contributed by atoms with Crippen LogP contribution < -0.4 is 5.32 Å². The molecule has 0 saturated heterocycles. The lowest BCUT2D eigenvalue weighted by Gasteiger charge is -2.21. The number of benzene rings is 1. The van der Waals surface area contributed by atoms with Crippen molar-refractivity contribution in [2.45, 2.75) is 6.54 Å². The number of urea groups is 1. The van der Waals surface area contributed by atoms with Gasteiger partial charge in [0.15, 0.2) is 5.69 Å². The van der Waals surface area contributed by atoms with Gasteiger partial charge in [-0.2, -0.15) is 0 Å². The summed E-state index contributed by atoms with van der Waals surface area (Å²) in [5.74, 6) is -0.375. The van der Waals surface area contributed by atoms with Crippen LogP contribution in [0.2, 0.25) is 0 Å². The number of esters is 1. The Labute approximate surface area is 153 Å². The van der Waals surface area contributed by atoms with Crippen molar-refractivity contribution in [1.82, 2.24) is 9.88 Å². The monoisotopic (exact) mass is 411 g/mol. The van der Waals surface area contributed by atoms with Crippen molar-refractivity contribution >= 4 is 33.6 Å². The summed E-state index contributed by atoms with van der Waals surface area (Å²) in [4.78, 5) is 29.4. The largest absolute Gasteiger partial charge is 0.464 e. The molecule has 0 saturated carbocycles. The molecule has 2 amide bonds. The molecule has 0 spiro atoms. The first-order valence-corrected chi connectivity index (χ1v) is 8.16. The van der Waals surface area contributed by atoms with Crippen LogP contribution in [0.3, 0.4) is 0 Å². The molecule has 1 N–H and O–H groups in total. The second kappa shape index (κ2) is 9.19. The summed E-state index contributed by atoms with van der Waals surface area (Å²) in [6.07, 6.45) is 1.20. The normalized spacial score (nSPS) is 10.4. The van der Waals surface area contributed by atoms with Gasteiger partial charge in [-0.15, -0.1) is 0 Å². The van der Waals surface area contributed by atoms with E-state index in [1.165, 1.54) is 18.3 Å². The number of rotatable bonds is 7. The summed E-state index contributed by atoms with van der Waals surface area (Å²) in [5, 5.41) is 2.79. The third kappa shape index (κ3) is 5.57. The fourth-order valence-corrected chi connectivity index (χ4v) is 2.20. The Balaban J connectivity index is 2.06. The molecule has 25 heavy (non-hydrogen) atoms. The molecular weight excluding hydrogens is 394 g/mol. The van der Waals surface area contributed by atoms with E-state index in [9.17, 15) is 9.59 Å². The highest BCUT2D eigenvalue weighted by Gasteiger charge is 2.19. The van der Waals surface area contributed by atoms with Gasteiger partial charge in [-0.3, -0.25) is 0 Å². The predicted octanol–water partition coefficient (Wildman–Crippen LogP) is 2.90. The van der Waals surface area contributed by atoms with Gasteiger partial charge in [-0.05, 0) is 24.3 Å². The van der Waals surface area contributed by atoms with E-state index in [0.29, 0.717) is 18.8 Å². The second-order valence-corrected chi connectivity index (χ2v) is 5.89. The second-order valence-electron chi connectivity index (χ2n) is 4.97. The zero-order valence-electron chi connectivity index (χ0n) is 13.8. The number of oxazole rings is 1. The molecule has 2 aromatic rings. The number of ether oxygens (including phenoxy) is 2. The maximum absolute atomic E-state index is 12.5. The molecule has 0 atom stereocenters. The quantitative estimate of drug-likeness (QED) is 0.703. The van der Waals surface area contributed by atoms with E-state index in [1.807, 2.05) is 12.1 Å². The van der Waals surface area contributed by atoms with Gasteiger partial charge in [-0.1, -0.05) is 15.9 Å². The molecule has 0 fully saturated rings. The van der Waals surface area contributed by atoms with Crippen LogP contribution in [0.25, 0.3) is 0 Å². The number of methoxy groups -OCH3 is 2. The van der Waals surface area contributed by atoms with Crippen molar-refractivity contribution in [3.8, 4) is 0 Å². The van der Waals surface area contributed by atoms with Crippen LogP contribution in [-0.2, 0) is 16.0 Å². The van der Waals surface area contributed by atoms with E-state index in [2.05, 4.69) is 31.0 Å². The highest BCUT2D eigenvalue weighted by molar-refractivity contribution is 9.10. The average molecular weight is 412 g/mol. The number of nitrogens with one attached hydrogen (secondary N) is 1. The zero-order chi connectivity index (χ0) is 18.2. The number of aromatic nitrogens is 1. The summed E-state index contributed by atoms with van der Waals surface area (Å²) in [7, 11) is 2.80. The number of carbonyl (C=O) groups is 2. The first kappa shape index (κ1) is 18.9. The number of hydrogen-bond donors (Lipinski definition) is 1. The molecule has 1 aromatic heterocycles. The average Bonchev–Trinajstić information content (AvgIpc) is 3.08. The maximum Gasteiger partial charge on any atom is 0.360 e. The highest BCUT2D eigenvalue weighted by atomic mass is 79.9. The molecule has 9 heteroatoms. The first-order chi connectivity index (χ1) is 12.0. The van der Waals surface area contributed by atoms with Crippen molar-refractivity contribution in [3.05, 3.63) is 46.6 Å². The molecule has 0 aliphatic carbocycles. The number of amides is 2. The Kier molecular flexibility index (Phi) is 6.96. The molecule has 1 heterocycles. The van der Waals surface area contributed by atoms with E-state index in [4.69, 9.17) is 9.15 Å². The Hall–Kier alpha value is -2.39. The molecule has 0 radical (unpaired) electrons. The minimum Gasteiger partial charge on any atom is -0.464 e. The first-order valence-electron chi connectivity index (χ1n) is 7.36. The van der Waals surface area contributed by atoms with Crippen LogP contribution in [-0.4, -0.2) is 49.3 Å². The molecule has 1 aromatic carbocycles. The molecule has 0 aliphatic heterocycles. The van der Waals surface area contributed by atoms with Crippen molar-refractivity contribution in [2.75, 3.05) is 32.7 Å². The van der Waals surface area contributed by atoms with Gasteiger partial charge >= 0.3 is 12.0 Å². The third-order valence-corrected chi connectivity index (χ3v) is 3.75. The molecular formula is C16H18BrN3O5. The van der Waals surface area contributed by atoms with Crippen molar-refractivity contribution in [3.63, 3.8) is 0 Å². The lowest BCUT2D eigenvalue weighted by Crippen LogP contribution is -2.37. The summed E-state index contributed by atoms with van der Waals surface area (Å²) in [6, 6.07) is 6.86. The maximum atomic E-state index is 12.5. The number of hydrogen-bond acceptors (Lipinski definition) is 6. The van der Waals surface area contributed by atoms with Gasteiger partial charge in [0.25, 0.3) is 0 Å². The Morgan fingerprint density at radius 1 is 1.28 bits per heavy atom. The van der Waals surface area contributed by atoms with E-state index in [1.54, 1.807) is 19.2 Å². The lowest BCUT2D eigenvalue weighted by molar-refractivity contribution is 0.0594. The summed E-state index contributed by atoms with van der Waals surface area (Å²) < 4.78 is 15.8. The van der Waals surface area contributed by atoms with Gasteiger partial charge < -0.3 is 24.1 Å². The van der Waals surface area contributed by atoms with Gasteiger partial charge in [0.05, 0.1) is 20.3 Å². The van der Waals surface area contributed by atoms with Crippen molar-refractivity contribution in [2.24, 2.45) is 0 Å². The van der Waals surface area contributed by atoms with Crippen LogP contribution >= 0.6 is 15.9 Å².